The molecule has 8 nitrogen and oxygen atoms in total. The van der Waals surface area contributed by atoms with Crippen LogP contribution in [0.1, 0.15) is 16.2 Å². The van der Waals surface area contributed by atoms with Crippen molar-refractivity contribution in [2.75, 3.05) is 0 Å². The van der Waals surface area contributed by atoms with Crippen LogP contribution in [0.2, 0.25) is 0 Å². The minimum absolute atomic E-state index is 0.0256. The van der Waals surface area contributed by atoms with Gasteiger partial charge in [-0.25, -0.2) is 4.98 Å². The Labute approximate surface area is 189 Å². The van der Waals surface area contributed by atoms with Crippen molar-refractivity contribution >= 4 is 33.8 Å². The molecule has 2 heterocycles. The fourth-order valence-electron chi connectivity index (χ4n) is 3.71. The molecule has 0 aliphatic carbocycles. The molecule has 0 aliphatic heterocycles. The summed E-state index contributed by atoms with van der Waals surface area (Å²) in [5, 5.41) is 0.783. The number of hydrazine groups is 1. The third-order valence-corrected chi connectivity index (χ3v) is 5.30. The quantitative estimate of drug-likeness (QED) is 0.352. The van der Waals surface area contributed by atoms with Crippen molar-refractivity contribution in [2.24, 2.45) is 0 Å². The van der Waals surface area contributed by atoms with Gasteiger partial charge < -0.3 is 14.3 Å². The van der Waals surface area contributed by atoms with Gasteiger partial charge in [0, 0.05) is 17.1 Å². The predicted molar refractivity (Wildman–Crippen MR) is 124 cm³/mol. The molecule has 0 bridgehead atoms. The summed E-state index contributed by atoms with van der Waals surface area (Å²) in [6.07, 6.45) is 1.62. The van der Waals surface area contributed by atoms with Crippen LogP contribution in [0.15, 0.2) is 85.1 Å². The Morgan fingerprint density at radius 3 is 2.55 bits per heavy atom. The van der Waals surface area contributed by atoms with Crippen LogP contribution in [0.25, 0.3) is 21.9 Å². The summed E-state index contributed by atoms with van der Waals surface area (Å²) < 4.78 is 7.63. The molecule has 0 aliphatic rings. The van der Waals surface area contributed by atoms with Gasteiger partial charge in [-0.3, -0.25) is 20.4 Å². The van der Waals surface area contributed by atoms with E-state index in [9.17, 15) is 9.59 Å². The number of H-pyrrole nitrogens is 1. The topological polar surface area (TPSA) is 101 Å². The molecular formula is C25H21N5O3. The van der Waals surface area contributed by atoms with Crippen molar-refractivity contribution in [1.29, 1.82) is 0 Å². The standard InChI is InChI=1S/C25H21N5O3/c31-24(28-29-25(32)19-14-26-20-11-5-4-10-18(19)20)15-30-22-13-7-6-12-21(22)27-23(30)16-33-17-8-2-1-3-9-17/h1-14,26H,15-16H2,(H,28,31)(H,29,32). The zero-order chi connectivity index (χ0) is 22.6. The maximum Gasteiger partial charge on any atom is 0.271 e. The largest absolute Gasteiger partial charge is 0.486 e. The van der Waals surface area contributed by atoms with Crippen molar-refractivity contribution in [1.82, 2.24) is 25.4 Å². The van der Waals surface area contributed by atoms with E-state index in [1.54, 1.807) is 10.8 Å². The van der Waals surface area contributed by atoms with Gasteiger partial charge >= 0.3 is 0 Å². The molecular weight excluding hydrogens is 418 g/mol. The average molecular weight is 439 g/mol. The molecule has 2 amide bonds. The molecule has 164 valence electrons. The average Bonchev–Trinajstić information content (AvgIpc) is 3.44. The first-order valence-electron chi connectivity index (χ1n) is 10.5. The zero-order valence-corrected chi connectivity index (χ0v) is 17.6. The molecule has 0 fully saturated rings. The lowest BCUT2D eigenvalue weighted by atomic mass is 10.2. The van der Waals surface area contributed by atoms with Crippen molar-refractivity contribution in [2.45, 2.75) is 13.2 Å². The number of amides is 2. The van der Waals surface area contributed by atoms with E-state index in [0.29, 0.717) is 17.1 Å². The third kappa shape index (κ3) is 4.27. The molecule has 0 saturated carbocycles. The van der Waals surface area contributed by atoms with E-state index in [4.69, 9.17) is 4.74 Å². The molecule has 3 N–H and O–H groups in total. The monoisotopic (exact) mass is 439 g/mol. The van der Waals surface area contributed by atoms with Gasteiger partial charge in [-0.1, -0.05) is 48.5 Å². The molecule has 0 unspecified atom stereocenters. The maximum atomic E-state index is 12.7. The number of imidazole rings is 1. The summed E-state index contributed by atoms with van der Waals surface area (Å²) in [5.41, 5.74) is 7.86. The van der Waals surface area contributed by atoms with E-state index in [1.165, 1.54) is 0 Å². The zero-order valence-electron chi connectivity index (χ0n) is 17.6. The van der Waals surface area contributed by atoms with Crippen molar-refractivity contribution in [3.8, 4) is 5.75 Å². The number of carbonyl (C=O) groups is 2. The minimum Gasteiger partial charge on any atom is -0.486 e. The van der Waals surface area contributed by atoms with Crippen LogP contribution in [0.5, 0.6) is 5.75 Å². The number of fused-ring (bicyclic) bond motifs is 2. The van der Waals surface area contributed by atoms with E-state index >= 15 is 0 Å². The molecule has 3 aromatic carbocycles. The third-order valence-electron chi connectivity index (χ3n) is 5.30. The Bertz CT molecular complexity index is 1440. The van der Waals surface area contributed by atoms with Crippen LogP contribution in [-0.4, -0.2) is 26.3 Å². The van der Waals surface area contributed by atoms with Gasteiger partial charge in [0.25, 0.3) is 11.8 Å². The van der Waals surface area contributed by atoms with Crippen molar-refractivity contribution in [3.63, 3.8) is 0 Å². The molecule has 0 atom stereocenters. The van der Waals surface area contributed by atoms with Crippen LogP contribution in [0.4, 0.5) is 0 Å². The Hall–Kier alpha value is -4.59. The van der Waals surface area contributed by atoms with Crippen molar-refractivity contribution in [3.05, 3.63) is 96.4 Å². The lowest BCUT2D eigenvalue weighted by Crippen LogP contribution is -2.43. The Balaban J connectivity index is 1.29. The number of aromatic amines is 1. The smallest absolute Gasteiger partial charge is 0.271 e. The minimum atomic E-state index is -0.399. The van der Waals surface area contributed by atoms with Gasteiger partial charge in [0.1, 0.15) is 24.7 Å². The number of rotatable bonds is 6. The first-order valence-corrected chi connectivity index (χ1v) is 10.5. The second kappa shape index (κ2) is 8.88. The molecule has 2 aromatic heterocycles. The highest BCUT2D eigenvalue weighted by Crippen LogP contribution is 2.19. The fourth-order valence-corrected chi connectivity index (χ4v) is 3.71. The highest BCUT2D eigenvalue weighted by Gasteiger charge is 2.16. The summed E-state index contributed by atoms with van der Waals surface area (Å²) in [7, 11) is 0. The molecule has 33 heavy (non-hydrogen) atoms. The van der Waals surface area contributed by atoms with Gasteiger partial charge in [-0.2, -0.15) is 0 Å². The van der Waals surface area contributed by atoms with E-state index in [-0.39, 0.29) is 19.1 Å². The van der Waals surface area contributed by atoms with Crippen molar-refractivity contribution < 1.29 is 14.3 Å². The molecule has 0 saturated heterocycles. The first kappa shape index (κ1) is 20.3. The Morgan fingerprint density at radius 2 is 1.67 bits per heavy atom. The van der Waals surface area contributed by atoms with Crippen LogP contribution < -0.4 is 15.6 Å². The van der Waals surface area contributed by atoms with Gasteiger partial charge in [0.15, 0.2) is 0 Å². The maximum absolute atomic E-state index is 12.7. The first-order chi connectivity index (χ1) is 16.2. The molecule has 5 aromatic rings. The summed E-state index contributed by atoms with van der Waals surface area (Å²) in [4.78, 5) is 32.9. The highest BCUT2D eigenvalue weighted by molar-refractivity contribution is 6.07. The number of benzene rings is 3. The lowest BCUT2D eigenvalue weighted by Gasteiger charge is -2.11. The number of nitrogens with one attached hydrogen (secondary N) is 3. The number of ether oxygens (including phenoxy) is 1. The number of para-hydroxylation sites is 4. The number of aromatic nitrogens is 3. The van der Waals surface area contributed by atoms with E-state index in [0.717, 1.165) is 21.9 Å². The van der Waals surface area contributed by atoms with E-state index in [1.807, 2.05) is 78.9 Å². The van der Waals surface area contributed by atoms with Crippen LogP contribution in [0.3, 0.4) is 0 Å². The number of nitrogens with zero attached hydrogens (tertiary/aromatic N) is 2. The van der Waals surface area contributed by atoms with E-state index < -0.39 is 5.91 Å². The second-order valence-electron chi connectivity index (χ2n) is 7.45. The number of carbonyl (C=O) groups excluding carboxylic acids is 2. The molecule has 5 rings (SSSR count). The van der Waals surface area contributed by atoms with Gasteiger partial charge in [-0.05, 0) is 30.3 Å². The summed E-state index contributed by atoms with van der Waals surface area (Å²) in [6.45, 7) is 0.176. The van der Waals surface area contributed by atoms with Crippen LogP contribution >= 0.6 is 0 Å². The highest BCUT2D eigenvalue weighted by atomic mass is 16.5. The fraction of sp³-hybridized carbons (Fsp3) is 0.0800. The van der Waals surface area contributed by atoms with Gasteiger partial charge in [0.05, 0.1) is 16.6 Å². The van der Waals surface area contributed by atoms with Gasteiger partial charge in [-0.15, -0.1) is 0 Å². The molecule has 8 heteroatoms. The number of hydrogen-bond donors (Lipinski definition) is 3. The lowest BCUT2D eigenvalue weighted by molar-refractivity contribution is -0.122. The normalized spacial score (nSPS) is 10.9. The number of hydrogen-bond acceptors (Lipinski definition) is 4. The summed E-state index contributed by atoms with van der Waals surface area (Å²) >= 11 is 0. The van der Waals surface area contributed by atoms with Gasteiger partial charge in [0.2, 0.25) is 0 Å². The molecule has 0 spiro atoms. The van der Waals surface area contributed by atoms with Crippen LogP contribution in [-0.2, 0) is 17.9 Å². The Morgan fingerprint density at radius 1 is 0.909 bits per heavy atom. The second-order valence-corrected chi connectivity index (χ2v) is 7.45. The summed E-state index contributed by atoms with van der Waals surface area (Å²) in [5.74, 6) is 0.543. The Kier molecular flexibility index (Phi) is 5.47. The molecule has 0 radical (unpaired) electrons. The SMILES string of the molecule is O=C(Cn1c(COc2ccccc2)nc2ccccc21)NNC(=O)c1c[nH]c2ccccc12. The summed E-state index contributed by atoms with van der Waals surface area (Å²) in [6, 6.07) is 24.4. The van der Waals surface area contributed by atoms with E-state index in [2.05, 4.69) is 20.8 Å². The van der Waals surface area contributed by atoms with Crippen LogP contribution in [0, 0.1) is 0 Å². The predicted octanol–water partition coefficient (Wildman–Crippen LogP) is 3.56.